The van der Waals surface area contributed by atoms with Crippen molar-refractivity contribution in [2.45, 2.75) is 52.0 Å². The lowest BCUT2D eigenvalue weighted by atomic mass is 9.82. The lowest BCUT2D eigenvalue weighted by Crippen LogP contribution is -2.46. The molecule has 1 aliphatic heterocycles. The Hall–Kier alpha value is -0.970. The third kappa shape index (κ3) is 2.96. The molecule has 2 rings (SSSR count). The van der Waals surface area contributed by atoms with Crippen molar-refractivity contribution in [2.75, 3.05) is 11.5 Å². The van der Waals surface area contributed by atoms with Gasteiger partial charge in [-0.3, -0.25) is 4.79 Å². The summed E-state index contributed by atoms with van der Waals surface area (Å²) in [6.07, 6.45) is 2.13. The number of hydrogen-bond acceptors (Lipinski definition) is 4. The molecule has 0 unspecified atom stereocenters. The molecule has 1 saturated heterocycles. The van der Waals surface area contributed by atoms with E-state index in [0.29, 0.717) is 6.04 Å². The molecule has 0 radical (unpaired) electrons. The van der Waals surface area contributed by atoms with E-state index in [4.69, 9.17) is 4.52 Å². The Morgan fingerprint density at radius 1 is 1.37 bits per heavy atom. The molecule has 0 saturated carbocycles. The average Bonchev–Trinajstić information content (AvgIpc) is 2.70. The van der Waals surface area contributed by atoms with Crippen LogP contribution in [0.5, 0.6) is 0 Å². The Balaban J connectivity index is 2.12. The average molecular weight is 282 g/mol. The Morgan fingerprint density at radius 3 is 2.53 bits per heavy atom. The van der Waals surface area contributed by atoms with Gasteiger partial charge in [-0.25, -0.2) is 0 Å². The van der Waals surface area contributed by atoms with Crippen LogP contribution in [0.2, 0.25) is 0 Å². The van der Waals surface area contributed by atoms with E-state index in [2.05, 4.69) is 10.5 Å². The first kappa shape index (κ1) is 14.4. The van der Waals surface area contributed by atoms with Crippen molar-refractivity contribution in [1.82, 2.24) is 10.5 Å². The van der Waals surface area contributed by atoms with Gasteiger partial charge in [0.1, 0.15) is 5.76 Å². The summed E-state index contributed by atoms with van der Waals surface area (Å²) in [5, 5.41) is 7.13. The van der Waals surface area contributed by atoms with Gasteiger partial charge in [0.05, 0.1) is 11.1 Å². The highest BCUT2D eigenvalue weighted by molar-refractivity contribution is 7.99. The lowest BCUT2D eigenvalue weighted by molar-refractivity contribution is -0.126. The van der Waals surface area contributed by atoms with Crippen LogP contribution in [0.3, 0.4) is 0 Å². The first-order valence-electron chi connectivity index (χ1n) is 6.75. The van der Waals surface area contributed by atoms with E-state index in [9.17, 15) is 4.79 Å². The first-order valence-corrected chi connectivity index (χ1v) is 7.90. The van der Waals surface area contributed by atoms with Crippen LogP contribution in [0.4, 0.5) is 0 Å². The summed E-state index contributed by atoms with van der Waals surface area (Å²) < 4.78 is 5.19. The van der Waals surface area contributed by atoms with E-state index in [1.54, 1.807) is 0 Å². The van der Waals surface area contributed by atoms with Crippen molar-refractivity contribution in [3.63, 3.8) is 0 Å². The number of rotatable bonds is 3. The molecule has 1 aliphatic rings. The third-order valence-electron chi connectivity index (χ3n) is 3.78. The highest BCUT2D eigenvalue weighted by Crippen LogP contribution is 2.30. The minimum atomic E-state index is -0.598. The van der Waals surface area contributed by atoms with Gasteiger partial charge in [-0.1, -0.05) is 5.16 Å². The van der Waals surface area contributed by atoms with Crippen LogP contribution in [0.15, 0.2) is 4.52 Å². The summed E-state index contributed by atoms with van der Waals surface area (Å²) in [7, 11) is 0. The van der Waals surface area contributed by atoms with Crippen LogP contribution >= 0.6 is 11.8 Å². The maximum Gasteiger partial charge on any atom is 0.230 e. The monoisotopic (exact) mass is 282 g/mol. The number of carbonyl (C=O) groups excluding carboxylic acids is 1. The Morgan fingerprint density at radius 2 is 2.00 bits per heavy atom. The van der Waals surface area contributed by atoms with Crippen LogP contribution in [0, 0.1) is 13.8 Å². The number of nitrogens with zero attached hydrogens (tertiary/aromatic N) is 1. The van der Waals surface area contributed by atoms with Crippen molar-refractivity contribution in [3.8, 4) is 0 Å². The molecule has 0 aromatic carbocycles. The normalized spacial score (nSPS) is 17.5. The fourth-order valence-electron chi connectivity index (χ4n) is 2.70. The molecule has 1 amide bonds. The van der Waals surface area contributed by atoms with Gasteiger partial charge in [0, 0.05) is 11.6 Å². The van der Waals surface area contributed by atoms with Crippen LogP contribution in [-0.2, 0) is 10.2 Å². The highest BCUT2D eigenvalue weighted by atomic mass is 32.2. The molecular weight excluding hydrogens is 260 g/mol. The van der Waals surface area contributed by atoms with Gasteiger partial charge in [-0.05, 0) is 52.0 Å². The zero-order valence-corrected chi connectivity index (χ0v) is 12.9. The summed E-state index contributed by atoms with van der Waals surface area (Å²) in [6.45, 7) is 7.62. The van der Waals surface area contributed by atoms with Gasteiger partial charge in [-0.15, -0.1) is 0 Å². The van der Waals surface area contributed by atoms with Gasteiger partial charge >= 0.3 is 0 Å². The van der Waals surface area contributed by atoms with Crippen molar-refractivity contribution in [1.29, 1.82) is 0 Å². The lowest BCUT2D eigenvalue weighted by Gasteiger charge is -2.29. The van der Waals surface area contributed by atoms with Crippen LogP contribution in [0.1, 0.15) is 43.7 Å². The standard InChI is InChI=1S/C14H22N2O2S/c1-9-12(10(2)18-16-9)14(3,4)13(17)15-11-5-7-19-8-6-11/h11H,5-8H2,1-4H3,(H,15,17). The molecule has 106 valence electrons. The zero-order chi connectivity index (χ0) is 14.0. The Bertz CT molecular complexity index is 443. The maximum atomic E-state index is 12.5. The summed E-state index contributed by atoms with van der Waals surface area (Å²) in [6, 6.07) is 0.313. The number of aromatic nitrogens is 1. The molecule has 1 fully saturated rings. The molecular formula is C14H22N2O2S. The second-order valence-corrected chi connectivity index (χ2v) is 6.91. The minimum absolute atomic E-state index is 0.0683. The summed E-state index contributed by atoms with van der Waals surface area (Å²) >= 11 is 1.96. The van der Waals surface area contributed by atoms with Crippen molar-refractivity contribution in [2.24, 2.45) is 0 Å². The van der Waals surface area contributed by atoms with Crippen molar-refractivity contribution < 1.29 is 9.32 Å². The number of hydrogen-bond donors (Lipinski definition) is 1. The Kier molecular flexibility index (Phi) is 4.23. The number of amides is 1. The van der Waals surface area contributed by atoms with E-state index in [0.717, 1.165) is 41.4 Å². The summed E-state index contributed by atoms with van der Waals surface area (Å²) in [5.41, 5.74) is 1.12. The molecule has 1 aromatic heterocycles. The molecule has 1 aromatic rings. The number of thioether (sulfide) groups is 1. The number of aryl methyl sites for hydroxylation is 2. The van der Waals surface area contributed by atoms with Crippen LogP contribution in [0.25, 0.3) is 0 Å². The van der Waals surface area contributed by atoms with Gasteiger partial charge in [0.2, 0.25) is 5.91 Å². The molecule has 0 bridgehead atoms. The molecule has 5 heteroatoms. The molecule has 4 nitrogen and oxygen atoms in total. The predicted octanol–water partition coefficient (Wildman–Crippen LogP) is 2.58. The second-order valence-electron chi connectivity index (χ2n) is 5.68. The fraction of sp³-hybridized carbons (Fsp3) is 0.714. The highest BCUT2D eigenvalue weighted by Gasteiger charge is 2.36. The zero-order valence-electron chi connectivity index (χ0n) is 12.1. The van der Waals surface area contributed by atoms with Crippen molar-refractivity contribution in [3.05, 3.63) is 17.0 Å². The summed E-state index contributed by atoms with van der Waals surface area (Å²) in [4.78, 5) is 12.5. The first-order chi connectivity index (χ1) is 8.93. The third-order valence-corrected chi connectivity index (χ3v) is 4.83. The number of carbonyl (C=O) groups is 1. The van der Waals surface area contributed by atoms with Gasteiger partial charge < -0.3 is 9.84 Å². The van der Waals surface area contributed by atoms with Gasteiger partial charge in [0.15, 0.2) is 0 Å². The Labute approximate surface area is 118 Å². The predicted molar refractivity (Wildman–Crippen MR) is 77.5 cm³/mol. The smallest absolute Gasteiger partial charge is 0.230 e. The van der Waals surface area contributed by atoms with Gasteiger partial charge in [0.25, 0.3) is 0 Å². The van der Waals surface area contributed by atoms with E-state index < -0.39 is 5.41 Å². The largest absolute Gasteiger partial charge is 0.361 e. The topological polar surface area (TPSA) is 55.1 Å². The van der Waals surface area contributed by atoms with Crippen LogP contribution < -0.4 is 5.32 Å². The number of nitrogens with one attached hydrogen (secondary N) is 1. The molecule has 0 atom stereocenters. The fourth-order valence-corrected chi connectivity index (χ4v) is 3.80. The quantitative estimate of drug-likeness (QED) is 0.926. The van der Waals surface area contributed by atoms with Crippen molar-refractivity contribution >= 4 is 17.7 Å². The minimum Gasteiger partial charge on any atom is -0.361 e. The maximum absolute atomic E-state index is 12.5. The molecule has 2 heterocycles. The molecule has 0 spiro atoms. The summed E-state index contributed by atoms with van der Waals surface area (Å²) in [5.74, 6) is 3.07. The molecule has 0 aliphatic carbocycles. The molecule has 1 N–H and O–H groups in total. The van der Waals surface area contributed by atoms with E-state index in [-0.39, 0.29) is 5.91 Å². The SMILES string of the molecule is Cc1noc(C)c1C(C)(C)C(=O)NC1CCSCC1. The second kappa shape index (κ2) is 5.57. The van der Waals surface area contributed by atoms with Crippen LogP contribution in [-0.4, -0.2) is 28.6 Å². The molecule has 19 heavy (non-hydrogen) atoms. The van der Waals surface area contributed by atoms with Gasteiger partial charge in [-0.2, -0.15) is 11.8 Å². The van der Waals surface area contributed by atoms with E-state index in [1.807, 2.05) is 39.5 Å². The van der Waals surface area contributed by atoms with E-state index in [1.165, 1.54) is 0 Å². The van der Waals surface area contributed by atoms with E-state index >= 15 is 0 Å².